The lowest BCUT2D eigenvalue weighted by molar-refractivity contribution is -0.136. The van der Waals surface area contributed by atoms with Gasteiger partial charge in [0, 0.05) is 11.3 Å². The van der Waals surface area contributed by atoms with Gasteiger partial charge in [-0.3, -0.25) is 9.59 Å². The number of ether oxygens (including phenoxy) is 3. The molecule has 2 amide bonds. The molecule has 9 heteroatoms. The maximum atomic E-state index is 12.8. The Labute approximate surface area is 154 Å². The normalized spacial score (nSPS) is 10.4. The van der Waals surface area contributed by atoms with E-state index < -0.39 is 17.6 Å². The smallest absolute Gasteiger partial charge is 0.329 e. The number of methoxy groups -OCH3 is 3. The molecule has 0 aliphatic carbocycles. The minimum absolute atomic E-state index is 0.280. The number of nitrogens with zero attached hydrogens (tertiary/aromatic N) is 1. The second-order valence-electron chi connectivity index (χ2n) is 5.08. The van der Waals surface area contributed by atoms with Gasteiger partial charge in [-0.1, -0.05) is 0 Å². The van der Waals surface area contributed by atoms with Gasteiger partial charge in [-0.2, -0.15) is 5.10 Å². The van der Waals surface area contributed by atoms with Crippen molar-refractivity contribution in [3.8, 4) is 17.2 Å². The summed E-state index contributed by atoms with van der Waals surface area (Å²) < 4.78 is 28.5. The molecule has 0 fully saturated rings. The van der Waals surface area contributed by atoms with Crippen LogP contribution in [0.1, 0.15) is 5.56 Å². The lowest BCUT2D eigenvalue weighted by Crippen LogP contribution is -2.32. The van der Waals surface area contributed by atoms with E-state index in [1.165, 1.54) is 39.7 Å². The van der Waals surface area contributed by atoms with E-state index in [4.69, 9.17) is 14.2 Å². The van der Waals surface area contributed by atoms with Crippen LogP contribution in [-0.2, 0) is 9.59 Å². The van der Waals surface area contributed by atoms with Crippen LogP contribution in [0.25, 0.3) is 0 Å². The molecule has 0 atom stereocenters. The van der Waals surface area contributed by atoms with Crippen molar-refractivity contribution >= 4 is 23.7 Å². The van der Waals surface area contributed by atoms with Crippen LogP contribution in [0.3, 0.4) is 0 Å². The lowest BCUT2D eigenvalue weighted by atomic mass is 10.2. The molecule has 0 saturated carbocycles. The highest BCUT2D eigenvalue weighted by molar-refractivity contribution is 6.39. The first-order valence-corrected chi connectivity index (χ1v) is 7.69. The van der Waals surface area contributed by atoms with E-state index in [1.807, 2.05) is 0 Å². The fraction of sp³-hybridized carbons (Fsp3) is 0.167. The zero-order valence-corrected chi connectivity index (χ0v) is 14.9. The topological polar surface area (TPSA) is 98.2 Å². The van der Waals surface area contributed by atoms with Gasteiger partial charge in [0.15, 0.2) is 11.5 Å². The molecule has 142 valence electrons. The Kier molecular flexibility index (Phi) is 6.70. The van der Waals surface area contributed by atoms with E-state index >= 15 is 0 Å². The molecule has 0 heterocycles. The Bertz CT molecular complexity index is 853. The second kappa shape index (κ2) is 9.18. The molecular formula is C18H18FN3O5. The van der Waals surface area contributed by atoms with Crippen LogP contribution in [0, 0.1) is 5.82 Å². The van der Waals surface area contributed by atoms with Crippen molar-refractivity contribution in [2.45, 2.75) is 0 Å². The van der Waals surface area contributed by atoms with Crippen LogP contribution < -0.4 is 25.0 Å². The third-order valence-corrected chi connectivity index (χ3v) is 3.41. The molecule has 27 heavy (non-hydrogen) atoms. The molecule has 0 bridgehead atoms. The Balaban J connectivity index is 2.05. The zero-order valence-electron chi connectivity index (χ0n) is 14.9. The maximum absolute atomic E-state index is 12.8. The number of carbonyl (C=O) groups is 2. The fourth-order valence-electron chi connectivity index (χ4n) is 2.16. The van der Waals surface area contributed by atoms with Crippen LogP contribution in [0.5, 0.6) is 17.2 Å². The molecule has 0 spiro atoms. The highest BCUT2D eigenvalue weighted by atomic mass is 19.1. The SMILES string of the molecule is COc1ccc(/C=N/NC(=O)C(=O)Nc2ccc(F)cc2)c(OC)c1OC. The monoisotopic (exact) mass is 375 g/mol. The summed E-state index contributed by atoms with van der Waals surface area (Å²) in [7, 11) is 4.40. The summed E-state index contributed by atoms with van der Waals surface area (Å²) in [6.07, 6.45) is 1.30. The molecule has 0 aliphatic heterocycles. The maximum Gasteiger partial charge on any atom is 0.329 e. The number of rotatable bonds is 6. The Morgan fingerprint density at radius 1 is 0.926 bits per heavy atom. The summed E-state index contributed by atoms with van der Waals surface area (Å²) in [6.45, 7) is 0. The van der Waals surface area contributed by atoms with E-state index in [9.17, 15) is 14.0 Å². The summed E-state index contributed by atoms with van der Waals surface area (Å²) in [4.78, 5) is 23.6. The van der Waals surface area contributed by atoms with Gasteiger partial charge < -0.3 is 19.5 Å². The van der Waals surface area contributed by atoms with Crippen LogP contribution in [0.15, 0.2) is 41.5 Å². The van der Waals surface area contributed by atoms with Crippen LogP contribution in [0.4, 0.5) is 10.1 Å². The summed E-state index contributed by atoms with van der Waals surface area (Å²) in [5.74, 6) is -1.21. The van der Waals surface area contributed by atoms with Gasteiger partial charge >= 0.3 is 11.8 Å². The van der Waals surface area contributed by atoms with Crippen molar-refractivity contribution in [3.05, 3.63) is 47.8 Å². The van der Waals surface area contributed by atoms with Crippen molar-refractivity contribution in [2.24, 2.45) is 5.10 Å². The summed E-state index contributed by atoms with van der Waals surface area (Å²) in [6, 6.07) is 8.28. The summed E-state index contributed by atoms with van der Waals surface area (Å²) in [5, 5.41) is 6.06. The Hall–Kier alpha value is -3.62. The van der Waals surface area contributed by atoms with E-state index in [0.717, 1.165) is 12.1 Å². The van der Waals surface area contributed by atoms with Gasteiger partial charge in [0.25, 0.3) is 0 Å². The van der Waals surface area contributed by atoms with E-state index in [-0.39, 0.29) is 5.69 Å². The molecular weight excluding hydrogens is 357 g/mol. The van der Waals surface area contributed by atoms with Crippen LogP contribution >= 0.6 is 0 Å². The third-order valence-electron chi connectivity index (χ3n) is 3.41. The number of hydrogen-bond acceptors (Lipinski definition) is 6. The van der Waals surface area contributed by atoms with Crippen molar-refractivity contribution < 1.29 is 28.2 Å². The largest absolute Gasteiger partial charge is 0.493 e. The fourth-order valence-corrected chi connectivity index (χ4v) is 2.16. The highest BCUT2D eigenvalue weighted by Crippen LogP contribution is 2.38. The molecule has 0 aliphatic rings. The van der Waals surface area contributed by atoms with Gasteiger partial charge in [0.1, 0.15) is 5.82 Å². The number of hydrazone groups is 1. The quantitative estimate of drug-likeness (QED) is 0.457. The molecule has 8 nitrogen and oxygen atoms in total. The molecule has 0 radical (unpaired) electrons. The van der Waals surface area contributed by atoms with E-state index in [0.29, 0.717) is 22.8 Å². The van der Waals surface area contributed by atoms with Gasteiger partial charge in [0.05, 0.1) is 27.5 Å². The van der Waals surface area contributed by atoms with Gasteiger partial charge in [-0.25, -0.2) is 9.82 Å². The van der Waals surface area contributed by atoms with Gasteiger partial charge in [-0.15, -0.1) is 0 Å². The predicted octanol–water partition coefficient (Wildman–Crippen LogP) is 1.94. The minimum Gasteiger partial charge on any atom is -0.493 e. The number of nitrogens with one attached hydrogen (secondary N) is 2. The first-order chi connectivity index (χ1) is 13.0. The van der Waals surface area contributed by atoms with Crippen LogP contribution in [-0.4, -0.2) is 39.4 Å². The average molecular weight is 375 g/mol. The number of amides is 2. The molecule has 2 rings (SSSR count). The molecule has 0 saturated heterocycles. The van der Waals surface area contributed by atoms with Crippen LogP contribution in [0.2, 0.25) is 0 Å². The number of halogens is 1. The Morgan fingerprint density at radius 3 is 2.19 bits per heavy atom. The first kappa shape index (κ1) is 19.7. The molecule has 2 aromatic carbocycles. The summed E-state index contributed by atoms with van der Waals surface area (Å²) in [5.41, 5.74) is 2.87. The molecule has 2 N–H and O–H groups in total. The van der Waals surface area contributed by atoms with Crippen molar-refractivity contribution in [1.29, 1.82) is 0 Å². The average Bonchev–Trinajstić information content (AvgIpc) is 2.68. The molecule has 0 unspecified atom stereocenters. The van der Waals surface area contributed by atoms with Gasteiger partial charge in [-0.05, 0) is 36.4 Å². The standard InChI is InChI=1S/C18H18FN3O5/c1-25-14-9-4-11(15(26-2)16(14)27-3)10-20-22-18(24)17(23)21-13-7-5-12(19)6-8-13/h4-10H,1-3H3,(H,21,23)(H,22,24)/b20-10+. The van der Waals surface area contributed by atoms with E-state index in [1.54, 1.807) is 12.1 Å². The second-order valence-corrected chi connectivity index (χ2v) is 5.08. The number of carbonyl (C=O) groups excluding carboxylic acids is 2. The van der Waals surface area contributed by atoms with Crippen molar-refractivity contribution in [3.63, 3.8) is 0 Å². The van der Waals surface area contributed by atoms with Gasteiger partial charge in [0.2, 0.25) is 5.75 Å². The molecule has 2 aromatic rings. The summed E-state index contributed by atoms with van der Waals surface area (Å²) >= 11 is 0. The molecule has 0 aromatic heterocycles. The predicted molar refractivity (Wildman–Crippen MR) is 96.9 cm³/mol. The number of benzene rings is 2. The van der Waals surface area contributed by atoms with Crippen molar-refractivity contribution in [1.82, 2.24) is 5.43 Å². The lowest BCUT2D eigenvalue weighted by Gasteiger charge is -2.13. The van der Waals surface area contributed by atoms with Crippen molar-refractivity contribution in [2.75, 3.05) is 26.6 Å². The van der Waals surface area contributed by atoms with E-state index in [2.05, 4.69) is 15.8 Å². The number of anilines is 1. The minimum atomic E-state index is -0.991. The highest BCUT2D eigenvalue weighted by Gasteiger charge is 2.16. The number of hydrogen-bond donors (Lipinski definition) is 2. The Morgan fingerprint density at radius 2 is 1.59 bits per heavy atom. The zero-order chi connectivity index (χ0) is 19.8. The first-order valence-electron chi connectivity index (χ1n) is 7.69. The third kappa shape index (κ3) is 4.94.